The second kappa shape index (κ2) is 5.46. The zero-order chi connectivity index (χ0) is 13.1. The van der Waals surface area contributed by atoms with Gasteiger partial charge in [0.25, 0.3) is 0 Å². The molecule has 1 heterocycles. The summed E-state index contributed by atoms with van der Waals surface area (Å²) in [5, 5.41) is 9.45. The third-order valence-electron chi connectivity index (χ3n) is 2.30. The van der Waals surface area contributed by atoms with Gasteiger partial charge in [0.15, 0.2) is 0 Å². The van der Waals surface area contributed by atoms with Crippen molar-refractivity contribution in [1.82, 2.24) is 4.98 Å². The Morgan fingerprint density at radius 3 is 2.78 bits per heavy atom. The molecule has 0 radical (unpaired) electrons. The number of aromatic nitrogens is 1. The Kier molecular flexibility index (Phi) is 3.93. The number of ether oxygens (including phenoxy) is 1. The number of nitrogens with zero attached hydrogens (tertiary/aromatic N) is 1. The molecule has 2 rings (SSSR count). The lowest BCUT2D eigenvalue weighted by Crippen LogP contribution is -1.94. The quantitative estimate of drug-likeness (QED) is 0.936. The summed E-state index contributed by atoms with van der Waals surface area (Å²) >= 11 is 3.18. The zero-order valence-corrected chi connectivity index (χ0v) is 11.2. The number of hydrogen-bond donors (Lipinski definition) is 1. The molecule has 0 saturated heterocycles. The monoisotopic (exact) mass is 311 g/mol. The second-order valence-corrected chi connectivity index (χ2v) is 4.73. The fraction of sp³-hybridized carbons (Fsp3) is 0.154. The molecule has 0 aliphatic rings. The molecular weight excluding hydrogens is 301 g/mol. The molecule has 0 amide bonds. The van der Waals surface area contributed by atoms with Gasteiger partial charge in [-0.05, 0) is 30.7 Å². The summed E-state index contributed by atoms with van der Waals surface area (Å²) in [7, 11) is 0. The van der Waals surface area contributed by atoms with Crippen LogP contribution in [0.15, 0.2) is 41.0 Å². The molecule has 2 aromatic rings. The first-order valence-corrected chi connectivity index (χ1v) is 6.12. The average Bonchev–Trinajstić information content (AvgIpc) is 2.27. The molecule has 1 atom stereocenters. The van der Waals surface area contributed by atoms with Crippen LogP contribution >= 0.6 is 15.9 Å². The summed E-state index contributed by atoms with van der Waals surface area (Å²) in [6, 6.07) is 7.55. The van der Waals surface area contributed by atoms with E-state index in [1.165, 1.54) is 18.3 Å². The summed E-state index contributed by atoms with van der Waals surface area (Å²) in [5.41, 5.74) is 0.690. The number of hydrogen-bond acceptors (Lipinski definition) is 3. The maximum absolute atomic E-state index is 13.2. The van der Waals surface area contributed by atoms with Gasteiger partial charge in [0.1, 0.15) is 11.6 Å². The lowest BCUT2D eigenvalue weighted by atomic mass is 10.2. The number of aliphatic hydroxyl groups is 1. The van der Waals surface area contributed by atoms with Crippen molar-refractivity contribution in [1.29, 1.82) is 0 Å². The highest BCUT2D eigenvalue weighted by atomic mass is 79.9. The van der Waals surface area contributed by atoms with E-state index in [0.29, 0.717) is 21.7 Å². The first-order valence-electron chi connectivity index (χ1n) is 5.32. The minimum absolute atomic E-state index is 0.311. The van der Waals surface area contributed by atoms with Crippen molar-refractivity contribution in [2.45, 2.75) is 13.0 Å². The van der Waals surface area contributed by atoms with Crippen LogP contribution in [0, 0.1) is 5.82 Å². The molecule has 0 bridgehead atoms. The van der Waals surface area contributed by atoms with Gasteiger partial charge in [-0.25, -0.2) is 9.37 Å². The molecule has 0 unspecified atom stereocenters. The third-order valence-corrected chi connectivity index (χ3v) is 2.76. The highest BCUT2D eigenvalue weighted by Gasteiger charge is 2.06. The summed E-state index contributed by atoms with van der Waals surface area (Å²) in [5.74, 6) is 0.258. The van der Waals surface area contributed by atoms with E-state index in [9.17, 15) is 9.50 Å². The van der Waals surface area contributed by atoms with Crippen LogP contribution in [0.3, 0.4) is 0 Å². The summed E-state index contributed by atoms with van der Waals surface area (Å²) in [6.45, 7) is 1.65. The Bertz CT molecular complexity index is 540. The van der Waals surface area contributed by atoms with E-state index in [0.717, 1.165) is 0 Å². The summed E-state index contributed by atoms with van der Waals surface area (Å²) in [4.78, 5) is 4.01. The molecule has 0 fully saturated rings. The lowest BCUT2D eigenvalue weighted by molar-refractivity contribution is 0.198. The Morgan fingerprint density at radius 1 is 1.33 bits per heavy atom. The van der Waals surface area contributed by atoms with Gasteiger partial charge in [-0.1, -0.05) is 15.9 Å². The Balaban J connectivity index is 2.25. The standard InChI is InChI=1S/C13H11BrFNO2/c1-8(17)9-2-3-16-13(4-9)18-12-6-10(14)5-11(15)7-12/h2-8,17H,1H3/t8-/m1/s1. The zero-order valence-electron chi connectivity index (χ0n) is 9.60. The van der Waals surface area contributed by atoms with Gasteiger partial charge < -0.3 is 9.84 Å². The highest BCUT2D eigenvalue weighted by molar-refractivity contribution is 9.10. The van der Waals surface area contributed by atoms with E-state index in [1.807, 2.05) is 0 Å². The van der Waals surface area contributed by atoms with Gasteiger partial charge in [0.05, 0.1) is 6.10 Å². The first-order chi connectivity index (χ1) is 8.54. The molecule has 0 spiro atoms. The normalized spacial score (nSPS) is 12.2. The van der Waals surface area contributed by atoms with Crippen molar-refractivity contribution >= 4 is 15.9 Å². The topological polar surface area (TPSA) is 42.4 Å². The molecule has 1 aromatic heterocycles. The fourth-order valence-electron chi connectivity index (χ4n) is 1.45. The van der Waals surface area contributed by atoms with Gasteiger partial charge in [-0.2, -0.15) is 0 Å². The van der Waals surface area contributed by atoms with Crippen LogP contribution in [0.5, 0.6) is 11.6 Å². The van der Waals surface area contributed by atoms with E-state index in [-0.39, 0.29) is 0 Å². The minimum Gasteiger partial charge on any atom is -0.439 e. The Morgan fingerprint density at radius 2 is 2.11 bits per heavy atom. The van der Waals surface area contributed by atoms with Crippen molar-refractivity contribution in [3.8, 4) is 11.6 Å². The van der Waals surface area contributed by atoms with Gasteiger partial charge in [0.2, 0.25) is 5.88 Å². The number of benzene rings is 1. The molecular formula is C13H11BrFNO2. The molecule has 18 heavy (non-hydrogen) atoms. The SMILES string of the molecule is C[C@@H](O)c1ccnc(Oc2cc(F)cc(Br)c2)c1. The van der Waals surface area contributed by atoms with Gasteiger partial charge in [-0.3, -0.25) is 0 Å². The second-order valence-electron chi connectivity index (χ2n) is 3.81. The predicted molar refractivity (Wildman–Crippen MR) is 69.0 cm³/mol. The number of rotatable bonds is 3. The van der Waals surface area contributed by atoms with Crippen LogP contribution in [-0.4, -0.2) is 10.1 Å². The van der Waals surface area contributed by atoms with Crippen LogP contribution in [0.25, 0.3) is 0 Å². The lowest BCUT2D eigenvalue weighted by Gasteiger charge is -2.08. The van der Waals surface area contributed by atoms with Crippen LogP contribution in [0.4, 0.5) is 4.39 Å². The highest BCUT2D eigenvalue weighted by Crippen LogP contribution is 2.26. The van der Waals surface area contributed by atoms with Gasteiger partial charge in [0, 0.05) is 22.8 Å². The molecule has 3 nitrogen and oxygen atoms in total. The van der Waals surface area contributed by atoms with E-state index >= 15 is 0 Å². The Labute approximate surface area is 112 Å². The maximum Gasteiger partial charge on any atom is 0.219 e. The molecule has 0 saturated carbocycles. The average molecular weight is 312 g/mol. The van der Waals surface area contributed by atoms with Crippen molar-refractivity contribution in [2.24, 2.45) is 0 Å². The summed E-state index contributed by atoms with van der Waals surface area (Å²) in [6.07, 6.45) is 0.931. The van der Waals surface area contributed by atoms with Crippen LogP contribution in [0.1, 0.15) is 18.6 Å². The van der Waals surface area contributed by atoms with Crippen LogP contribution < -0.4 is 4.74 Å². The molecule has 1 aromatic carbocycles. The smallest absolute Gasteiger partial charge is 0.219 e. The number of aliphatic hydroxyl groups excluding tert-OH is 1. The number of halogens is 2. The van der Waals surface area contributed by atoms with E-state index in [2.05, 4.69) is 20.9 Å². The largest absolute Gasteiger partial charge is 0.439 e. The van der Waals surface area contributed by atoms with Gasteiger partial charge in [-0.15, -0.1) is 0 Å². The fourth-order valence-corrected chi connectivity index (χ4v) is 1.89. The van der Waals surface area contributed by atoms with Crippen LogP contribution in [0.2, 0.25) is 0 Å². The Hall–Kier alpha value is -1.46. The minimum atomic E-state index is -0.602. The molecule has 0 aliphatic carbocycles. The van der Waals surface area contributed by atoms with Crippen molar-refractivity contribution < 1.29 is 14.2 Å². The predicted octanol–water partition coefficient (Wildman–Crippen LogP) is 3.83. The van der Waals surface area contributed by atoms with Crippen LogP contribution in [-0.2, 0) is 0 Å². The molecule has 1 N–H and O–H groups in total. The van der Waals surface area contributed by atoms with Crippen molar-refractivity contribution in [2.75, 3.05) is 0 Å². The number of pyridine rings is 1. The van der Waals surface area contributed by atoms with E-state index in [4.69, 9.17) is 4.74 Å². The maximum atomic E-state index is 13.2. The molecule has 5 heteroatoms. The third kappa shape index (κ3) is 3.27. The first kappa shape index (κ1) is 13.0. The summed E-state index contributed by atoms with van der Waals surface area (Å²) < 4.78 is 19.2. The van der Waals surface area contributed by atoms with Crippen molar-refractivity contribution in [3.63, 3.8) is 0 Å². The molecule has 0 aliphatic heterocycles. The molecule has 94 valence electrons. The van der Waals surface area contributed by atoms with Gasteiger partial charge >= 0.3 is 0 Å². The van der Waals surface area contributed by atoms with Crippen molar-refractivity contribution in [3.05, 3.63) is 52.4 Å². The van der Waals surface area contributed by atoms with E-state index < -0.39 is 11.9 Å². The van der Waals surface area contributed by atoms with E-state index in [1.54, 1.807) is 25.1 Å².